The maximum absolute atomic E-state index is 12.9. The SMILES string of the molecule is FC1(F)CNCC[C@@H]1OCI. The van der Waals surface area contributed by atoms with Gasteiger partial charge in [-0.05, 0) is 13.0 Å². The van der Waals surface area contributed by atoms with Crippen molar-refractivity contribution in [2.24, 2.45) is 0 Å². The predicted molar refractivity (Wildman–Crippen MR) is 46.2 cm³/mol. The lowest BCUT2D eigenvalue weighted by atomic mass is 10.1. The van der Waals surface area contributed by atoms with Crippen LogP contribution >= 0.6 is 22.6 Å². The molecule has 0 bridgehead atoms. The Kier molecular flexibility index (Phi) is 3.45. The van der Waals surface area contributed by atoms with Crippen LogP contribution in [0.25, 0.3) is 0 Å². The van der Waals surface area contributed by atoms with Crippen LogP contribution in [0.5, 0.6) is 0 Å². The summed E-state index contributed by atoms with van der Waals surface area (Å²) in [6.45, 7) is 0.366. The molecule has 0 aromatic heterocycles. The van der Waals surface area contributed by atoms with Crippen molar-refractivity contribution in [2.75, 3.05) is 17.7 Å². The van der Waals surface area contributed by atoms with Gasteiger partial charge < -0.3 is 10.1 Å². The van der Waals surface area contributed by atoms with E-state index in [1.807, 2.05) is 22.6 Å². The van der Waals surface area contributed by atoms with Gasteiger partial charge in [0.15, 0.2) is 0 Å². The van der Waals surface area contributed by atoms with Crippen LogP contribution in [0.1, 0.15) is 6.42 Å². The Balaban J connectivity index is 2.45. The number of rotatable bonds is 2. The summed E-state index contributed by atoms with van der Waals surface area (Å²) in [5.74, 6) is -2.69. The number of hydrogen-bond donors (Lipinski definition) is 1. The van der Waals surface area contributed by atoms with Gasteiger partial charge in [-0.1, -0.05) is 22.6 Å². The molecule has 2 nitrogen and oxygen atoms in total. The topological polar surface area (TPSA) is 21.3 Å². The molecule has 0 spiro atoms. The zero-order valence-electron chi connectivity index (χ0n) is 5.95. The third-order valence-corrected chi connectivity index (χ3v) is 2.04. The lowest BCUT2D eigenvalue weighted by Gasteiger charge is -2.30. The Labute approximate surface area is 77.8 Å². The summed E-state index contributed by atoms with van der Waals surface area (Å²) >= 11 is 1.93. The van der Waals surface area contributed by atoms with Gasteiger partial charge in [0.25, 0.3) is 5.92 Å². The molecule has 1 aliphatic rings. The molecule has 1 atom stereocenters. The van der Waals surface area contributed by atoms with Crippen LogP contribution in [-0.4, -0.2) is 29.7 Å². The van der Waals surface area contributed by atoms with Crippen molar-refractivity contribution in [3.05, 3.63) is 0 Å². The summed E-state index contributed by atoms with van der Waals surface area (Å²) < 4.78 is 31.0. The first-order chi connectivity index (χ1) is 5.17. The van der Waals surface area contributed by atoms with E-state index in [1.165, 1.54) is 0 Å². The number of halogens is 3. The largest absolute Gasteiger partial charge is 0.362 e. The van der Waals surface area contributed by atoms with Gasteiger partial charge in [0.1, 0.15) is 6.10 Å². The minimum absolute atomic E-state index is 0.256. The van der Waals surface area contributed by atoms with Gasteiger partial charge in [0, 0.05) is 0 Å². The number of piperidine rings is 1. The van der Waals surface area contributed by atoms with Gasteiger partial charge in [-0.15, -0.1) is 0 Å². The molecule has 0 radical (unpaired) electrons. The molecular formula is C6H10F2INO. The molecule has 1 N–H and O–H groups in total. The Hall–Kier alpha value is 0.510. The van der Waals surface area contributed by atoms with Crippen LogP contribution in [0.15, 0.2) is 0 Å². The van der Waals surface area contributed by atoms with Crippen LogP contribution in [0, 0.1) is 0 Å². The Morgan fingerprint density at radius 2 is 2.36 bits per heavy atom. The van der Waals surface area contributed by atoms with E-state index >= 15 is 0 Å². The minimum atomic E-state index is -2.69. The highest BCUT2D eigenvalue weighted by atomic mass is 127. The molecule has 0 amide bonds. The van der Waals surface area contributed by atoms with Crippen molar-refractivity contribution in [1.29, 1.82) is 0 Å². The molecule has 0 aromatic rings. The standard InChI is InChI=1S/C6H10F2INO/c7-6(8)3-10-2-1-5(6)11-4-9/h5,10H,1-4H2/t5-/m0/s1. The molecule has 0 unspecified atom stereocenters. The minimum Gasteiger partial charge on any atom is -0.362 e. The fourth-order valence-electron chi connectivity index (χ4n) is 1.09. The number of ether oxygens (including phenoxy) is 1. The van der Waals surface area contributed by atoms with Crippen LogP contribution in [0.4, 0.5) is 8.78 Å². The molecule has 1 fully saturated rings. The molecule has 0 aromatic carbocycles. The first-order valence-electron chi connectivity index (χ1n) is 3.43. The van der Waals surface area contributed by atoms with Crippen LogP contribution in [0.3, 0.4) is 0 Å². The summed E-state index contributed by atoms with van der Waals surface area (Å²) in [5.41, 5.74) is 0. The maximum atomic E-state index is 12.9. The highest BCUT2D eigenvalue weighted by Crippen LogP contribution is 2.25. The second-order valence-electron chi connectivity index (χ2n) is 2.49. The van der Waals surface area contributed by atoms with E-state index in [0.717, 1.165) is 0 Å². The summed E-state index contributed by atoms with van der Waals surface area (Å²) in [4.78, 5) is 0. The number of alkyl halides is 3. The lowest BCUT2D eigenvalue weighted by Crippen LogP contribution is -2.50. The van der Waals surface area contributed by atoms with E-state index in [0.29, 0.717) is 17.6 Å². The molecule has 1 aliphatic heterocycles. The van der Waals surface area contributed by atoms with Crippen molar-refractivity contribution in [1.82, 2.24) is 5.32 Å². The summed E-state index contributed by atoms with van der Waals surface area (Å²) in [7, 11) is 0. The smallest absolute Gasteiger partial charge is 0.285 e. The molecule has 1 heterocycles. The van der Waals surface area contributed by atoms with Crippen molar-refractivity contribution < 1.29 is 13.5 Å². The average Bonchev–Trinajstić information content (AvgIpc) is 1.94. The Morgan fingerprint density at radius 3 is 2.91 bits per heavy atom. The van der Waals surface area contributed by atoms with Crippen LogP contribution in [-0.2, 0) is 4.74 Å². The van der Waals surface area contributed by atoms with Gasteiger partial charge >= 0.3 is 0 Å². The quantitative estimate of drug-likeness (QED) is 0.608. The molecule has 5 heteroatoms. The molecule has 1 rings (SSSR count). The molecular weight excluding hydrogens is 267 g/mol. The highest BCUT2D eigenvalue weighted by Gasteiger charge is 2.42. The zero-order chi connectivity index (χ0) is 8.32. The predicted octanol–water partition coefficient (Wildman–Crippen LogP) is 1.39. The second kappa shape index (κ2) is 3.95. The van der Waals surface area contributed by atoms with Crippen molar-refractivity contribution in [2.45, 2.75) is 18.4 Å². The van der Waals surface area contributed by atoms with E-state index in [2.05, 4.69) is 5.32 Å². The Morgan fingerprint density at radius 1 is 1.64 bits per heavy atom. The van der Waals surface area contributed by atoms with E-state index in [4.69, 9.17) is 4.74 Å². The van der Waals surface area contributed by atoms with Gasteiger partial charge in [-0.2, -0.15) is 0 Å². The maximum Gasteiger partial charge on any atom is 0.285 e. The summed E-state index contributed by atoms with van der Waals surface area (Å²) in [5, 5.41) is 2.63. The molecule has 11 heavy (non-hydrogen) atoms. The normalized spacial score (nSPS) is 30.3. The van der Waals surface area contributed by atoms with E-state index in [9.17, 15) is 8.78 Å². The van der Waals surface area contributed by atoms with Crippen LogP contribution in [0.2, 0.25) is 0 Å². The highest BCUT2D eigenvalue weighted by molar-refractivity contribution is 14.1. The fourth-order valence-corrected chi connectivity index (χ4v) is 1.53. The van der Waals surface area contributed by atoms with Crippen molar-refractivity contribution >= 4 is 22.6 Å². The first-order valence-corrected chi connectivity index (χ1v) is 4.95. The van der Waals surface area contributed by atoms with Crippen molar-refractivity contribution in [3.8, 4) is 0 Å². The van der Waals surface area contributed by atoms with E-state index in [1.54, 1.807) is 0 Å². The van der Waals surface area contributed by atoms with Gasteiger partial charge in [0.05, 0.1) is 11.2 Å². The lowest BCUT2D eigenvalue weighted by molar-refractivity contribution is -0.137. The van der Waals surface area contributed by atoms with Gasteiger partial charge in [0.2, 0.25) is 0 Å². The number of hydrogen-bond acceptors (Lipinski definition) is 2. The van der Waals surface area contributed by atoms with Crippen molar-refractivity contribution in [3.63, 3.8) is 0 Å². The third-order valence-electron chi connectivity index (χ3n) is 1.68. The second-order valence-corrected chi connectivity index (χ2v) is 3.11. The first kappa shape index (κ1) is 9.60. The van der Waals surface area contributed by atoms with Gasteiger partial charge in [-0.3, -0.25) is 0 Å². The average molecular weight is 277 g/mol. The van der Waals surface area contributed by atoms with E-state index < -0.39 is 12.0 Å². The van der Waals surface area contributed by atoms with Crippen LogP contribution < -0.4 is 5.32 Å². The molecule has 0 saturated carbocycles. The molecule has 1 saturated heterocycles. The summed E-state index contributed by atoms with van der Waals surface area (Å²) in [6, 6.07) is 0. The molecule has 66 valence electrons. The van der Waals surface area contributed by atoms with Gasteiger partial charge in [-0.25, -0.2) is 8.78 Å². The zero-order valence-corrected chi connectivity index (χ0v) is 8.11. The van der Waals surface area contributed by atoms with E-state index in [-0.39, 0.29) is 6.54 Å². The fraction of sp³-hybridized carbons (Fsp3) is 1.00. The Bertz CT molecular complexity index is 132. The summed E-state index contributed by atoms with van der Waals surface area (Å²) in [6.07, 6.45) is -0.489. The monoisotopic (exact) mass is 277 g/mol. The molecule has 0 aliphatic carbocycles. The third kappa shape index (κ3) is 2.48. The number of nitrogens with one attached hydrogen (secondary N) is 1.